The lowest BCUT2D eigenvalue weighted by molar-refractivity contribution is 0.660. The second-order valence-electron chi connectivity index (χ2n) is 13.8. The van der Waals surface area contributed by atoms with E-state index in [-0.39, 0.29) is 5.41 Å². The molecule has 2 nitrogen and oxygen atoms in total. The molecular weight excluding hydrogens is 617 g/mol. The van der Waals surface area contributed by atoms with Gasteiger partial charge in [-0.1, -0.05) is 184 Å². The van der Waals surface area contributed by atoms with Gasteiger partial charge in [0.15, 0.2) is 5.82 Å². The number of aromatic nitrogens is 2. The molecule has 0 radical (unpaired) electrons. The van der Waals surface area contributed by atoms with E-state index in [1.165, 1.54) is 55.6 Å². The van der Waals surface area contributed by atoms with Gasteiger partial charge in [-0.3, -0.25) is 0 Å². The fourth-order valence-corrected chi connectivity index (χ4v) is 7.62. The predicted octanol–water partition coefficient (Wildman–Crippen LogP) is 12.8. The molecule has 9 rings (SSSR count). The zero-order valence-electron chi connectivity index (χ0n) is 28.7. The summed E-state index contributed by atoms with van der Waals surface area (Å²) in [6, 6.07) is 64.8. The highest BCUT2D eigenvalue weighted by molar-refractivity contribution is 5.93. The molecule has 0 saturated carbocycles. The van der Waals surface area contributed by atoms with Gasteiger partial charge in [0.05, 0.1) is 11.4 Å². The third-order valence-electron chi connectivity index (χ3n) is 10.3. The van der Waals surface area contributed by atoms with Gasteiger partial charge in [0.2, 0.25) is 0 Å². The molecule has 1 aromatic heterocycles. The van der Waals surface area contributed by atoms with Gasteiger partial charge in [-0.05, 0) is 67.8 Å². The first kappa shape index (κ1) is 30.7. The highest BCUT2D eigenvalue weighted by atomic mass is 14.9. The van der Waals surface area contributed by atoms with Crippen molar-refractivity contribution < 1.29 is 0 Å². The molecular formula is C49H36N2. The fraction of sp³-hybridized carbons (Fsp3) is 0.0612. The highest BCUT2D eigenvalue weighted by Crippen LogP contribution is 2.52. The maximum Gasteiger partial charge on any atom is 0.160 e. The average molecular weight is 653 g/mol. The smallest absolute Gasteiger partial charge is 0.160 e. The molecule has 0 bridgehead atoms. The van der Waals surface area contributed by atoms with Crippen LogP contribution in [0.3, 0.4) is 0 Å². The van der Waals surface area contributed by atoms with Crippen molar-refractivity contribution in [2.24, 2.45) is 0 Å². The van der Waals surface area contributed by atoms with Crippen molar-refractivity contribution in [3.05, 3.63) is 193 Å². The number of benzene rings is 7. The largest absolute Gasteiger partial charge is 0.228 e. The molecule has 0 N–H and O–H groups in total. The summed E-state index contributed by atoms with van der Waals surface area (Å²) in [5, 5.41) is 0. The number of nitrogens with zero attached hydrogens (tertiary/aromatic N) is 2. The monoisotopic (exact) mass is 652 g/mol. The van der Waals surface area contributed by atoms with Crippen LogP contribution in [0.1, 0.15) is 25.0 Å². The molecule has 1 aliphatic carbocycles. The summed E-state index contributed by atoms with van der Waals surface area (Å²) in [6.07, 6.45) is 0. The van der Waals surface area contributed by atoms with Crippen LogP contribution in [0, 0.1) is 0 Å². The first-order chi connectivity index (χ1) is 25.0. The van der Waals surface area contributed by atoms with Crippen molar-refractivity contribution in [1.29, 1.82) is 0 Å². The molecule has 1 aliphatic rings. The van der Waals surface area contributed by atoms with Crippen LogP contribution >= 0.6 is 0 Å². The summed E-state index contributed by atoms with van der Waals surface area (Å²) in [7, 11) is 0. The lowest BCUT2D eigenvalue weighted by Crippen LogP contribution is -2.14. The van der Waals surface area contributed by atoms with Crippen LogP contribution in [-0.2, 0) is 5.41 Å². The Bertz CT molecular complexity index is 2510. The molecule has 0 amide bonds. The van der Waals surface area contributed by atoms with E-state index in [1.807, 2.05) is 24.3 Å². The Kier molecular flexibility index (Phi) is 7.51. The number of hydrogen-bond donors (Lipinski definition) is 0. The van der Waals surface area contributed by atoms with Crippen molar-refractivity contribution in [1.82, 2.24) is 9.97 Å². The van der Waals surface area contributed by atoms with Gasteiger partial charge in [-0.15, -0.1) is 0 Å². The molecule has 2 heteroatoms. The normalized spacial score (nSPS) is 12.7. The van der Waals surface area contributed by atoms with Crippen LogP contribution in [0.5, 0.6) is 0 Å². The number of fused-ring (bicyclic) bond motifs is 3. The van der Waals surface area contributed by atoms with E-state index in [9.17, 15) is 0 Å². The Morgan fingerprint density at radius 3 is 1.45 bits per heavy atom. The third kappa shape index (κ3) is 5.56. The Morgan fingerprint density at radius 1 is 0.333 bits per heavy atom. The second kappa shape index (κ2) is 12.5. The van der Waals surface area contributed by atoms with E-state index in [1.54, 1.807) is 0 Å². The van der Waals surface area contributed by atoms with E-state index >= 15 is 0 Å². The zero-order valence-corrected chi connectivity index (χ0v) is 28.7. The minimum Gasteiger partial charge on any atom is -0.228 e. The van der Waals surface area contributed by atoms with Gasteiger partial charge in [-0.2, -0.15) is 0 Å². The van der Waals surface area contributed by atoms with E-state index in [0.717, 1.165) is 28.1 Å². The van der Waals surface area contributed by atoms with Crippen LogP contribution in [-0.4, -0.2) is 9.97 Å². The lowest BCUT2D eigenvalue weighted by Gasteiger charge is -2.21. The molecule has 7 aromatic carbocycles. The maximum absolute atomic E-state index is 5.07. The molecule has 0 fully saturated rings. The molecule has 8 aromatic rings. The standard InChI is InChI=1S/C49H36N2/c1-49(2)43-21-10-9-19-42(43)47-41(20-12-22-44(47)49)40-18-11-17-39(31-40)35-25-29-37(30-26-35)46-32-45(50-48(51-46)38-15-7-4-8-16-38)36-27-23-34(24-28-36)33-13-5-3-6-14-33/h3-32H,1-2H3. The van der Waals surface area contributed by atoms with Crippen molar-refractivity contribution in [3.8, 4) is 78.4 Å². The van der Waals surface area contributed by atoms with E-state index in [4.69, 9.17) is 9.97 Å². The summed E-state index contributed by atoms with van der Waals surface area (Å²) in [5.74, 6) is 0.715. The van der Waals surface area contributed by atoms with Crippen LogP contribution < -0.4 is 0 Å². The average Bonchev–Trinajstić information content (AvgIpc) is 3.44. The third-order valence-corrected chi connectivity index (χ3v) is 10.3. The van der Waals surface area contributed by atoms with Crippen molar-refractivity contribution in [2.75, 3.05) is 0 Å². The van der Waals surface area contributed by atoms with Gasteiger partial charge in [0.25, 0.3) is 0 Å². The summed E-state index contributed by atoms with van der Waals surface area (Å²) in [5.41, 5.74) is 17.6. The van der Waals surface area contributed by atoms with E-state index in [2.05, 4.69) is 172 Å². The zero-order chi connectivity index (χ0) is 34.4. The minimum atomic E-state index is -0.0256. The first-order valence-corrected chi connectivity index (χ1v) is 17.6. The molecule has 242 valence electrons. The summed E-state index contributed by atoms with van der Waals surface area (Å²) in [6.45, 7) is 4.68. The van der Waals surface area contributed by atoms with Crippen molar-refractivity contribution in [2.45, 2.75) is 19.3 Å². The highest BCUT2D eigenvalue weighted by Gasteiger charge is 2.36. The van der Waals surface area contributed by atoms with Crippen LogP contribution in [0.2, 0.25) is 0 Å². The molecule has 51 heavy (non-hydrogen) atoms. The van der Waals surface area contributed by atoms with Crippen molar-refractivity contribution in [3.63, 3.8) is 0 Å². The van der Waals surface area contributed by atoms with Gasteiger partial charge >= 0.3 is 0 Å². The molecule has 0 aliphatic heterocycles. The molecule has 0 spiro atoms. The second-order valence-corrected chi connectivity index (χ2v) is 13.8. The van der Waals surface area contributed by atoms with Gasteiger partial charge in [0, 0.05) is 22.1 Å². The minimum absolute atomic E-state index is 0.0256. The van der Waals surface area contributed by atoms with Gasteiger partial charge in [-0.25, -0.2) is 9.97 Å². The quantitative estimate of drug-likeness (QED) is 0.179. The number of rotatable bonds is 6. The topological polar surface area (TPSA) is 25.8 Å². The molecule has 0 atom stereocenters. The lowest BCUT2D eigenvalue weighted by atomic mass is 9.82. The fourth-order valence-electron chi connectivity index (χ4n) is 7.62. The van der Waals surface area contributed by atoms with Crippen LogP contribution in [0.25, 0.3) is 78.4 Å². The molecule has 1 heterocycles. The van der Waals surface area contributed by atoms with Crippen LogP contribution in [0.4, 0.5) is 0 Å². The predicted molar refractivity (Wildman–Crippen MR) is 212 cm³/mol. The Labute approximate surface area is 299 Å². The Hall–Kier alpha value is -6.38. The summed E-state index contributed by atoms with van der Waals surface area (Å²) < 4.78 is 0. The van der Waals surface area contributed by atoms with E-state index < -0.39 is 0 Å². The van der Waals surface area contributed by atoms with E-state index in [0.29, 0.717) is 5.82 Å². The van der Waals surface area contributed by atoms with Crippen molar-refractivity contribution >= 4 is 0 Å². The summed E-state index contributed by atoms with van der Waals surface area (Å²) >= 11 is 0. The maximum atomic E-state index is 5.07. The Morgan fingerprint density at radius 2 is 0.784 bits per heavy atom. The first-order valence-electron chi connectivity index (χ1n) is 17.6. The van der Waals surface area contributed by atoms with Gasteiger partial charge in [0.1, 0.15) is 0 Å². The summed E-state index contributed by atoms with van der Waals surface area (Å²) in [4.78, 5) is 10.1. The van der Waals surface area contributed by atoms with Gasteiger partial charge < -0.3 is 0 Å². The SMILES string of the molecule is CC1(C)c2ccccc2-c2c(-c3cccc(-c4ccc(-c5cc(-c6ccc(-c7ccccc7)cc6)nc(-c6ccccc6)n5)cc4)c3)cccc21. The number of hydrogen-bond acceptors (Lipinski definition) is 2. The Balaban J connectivity index is 1.07. The molecule has 0 saturated heterocycles. The van der Waals surface area contributed by atoms with Crippen LogP contribution in [0.15, 0.2) is 182 Å². The molecule has 0 unspecified atom stereocenters.